The highest BCUT2D eigenvalue weighted by Gasteiger charge is 2.48. The summed E-state index contributed by atoms with van der Waals surface area (Å²) < 4.78 is 50.4. The molecule has 0 saturated carbocycles. The van der Waals surface area contributed by atoms with Gasteiger partial charge in [0.15, 0.2) is 11.6 Å². The molecule has 0 unspecified atom stereocenters. The summed E-state index contributed by atoms with van der Waals surface area (Å²) in [7, 11) is -3.48. The molecular weight excluding hydrogens is 648 g/mol. The molecule has 6 rings (SSSR count). The molecule has 4 fully saturated rings. The highest BCUT2D eigenvalue weighted by Crippen LogP contribution is 2.43. The van der Waals surface area contributed by atoms with E-state index in [1.54, 1.807) is 19.7 Å². The molecule has 4 saturated heterocycles. The highest BCUT2D eigenvalue weighted by molar-refractivity contribution is 7.86. The number of rotatable bonds is 10. The molecule has 0 bridgehead atoms. The van der Waals surface area contributed by atoms with Crippen molar-refractivity contribution in [2.24, 2.45) is 17.3 Å². The SMILES string of the molecule is CC(C)N(C(=O)c1cc(F)ccc1Oc1cncnc1N1CC[C@@H](CN2CC3(CCN(S(=O)(=O)N4CCC(C#N)CC4)CC3)C2)C1)C(C)C. The first-order valence-corrected chi connectivity index (χ1v) is 19.0. The van der Waals surface area contributed by atoms with E-state index in [4.69, 9.17) is 10.00 Å². The molecule has 4 aliphatic heterocycles. The van der Waals surface area contributed by atoms with Gasteiger partial charge in [-0.05, 0) is 89.3 Å². The number of amides is 1. The summed E-state index contributed by atoms with van der Waals surface area (Å²) in [4.78, 5) is 28.7. The largest absolute Gasteiger partial charge is 0.451 e. The number of halogens is 1. The van der Waals surface area contributed by atoms with E-state index < -0.39 is 16.0 Å². The van der Waals surface area contributed by atoms with Gasteiger partial charge < -0.3 is 19.4 Å². The lowest BCUT2D eigenvalue weighted by Gasteiger charge is -2.54. The molecule has 1 spiro atoms. The van der Waals surface area contributed by atoms with Crippen molar-refractivity contribution in [1.29, 1.82) is 5.26 Å². The van der Waals surface area contributed by atoms with Crippen LogP contribution in [0.4, 0.5) is 10.2 Å². The number of piperidine rings is 2. The second-order valence-corrected chi connectivity index (χ2v) is 16.8. The summed E-state index contributed by atoms with van der Waals surface area (Å²) in [6.45, 7) is 14.2. The molecule has 49 heavy (non-hydrogen) atoms. The monoisotopic (exact) mass is 696 g/mol. The number of nitriles is 1. The van der Waals surface area contributed by atoms with Crippen molar-refractivity contribution >= 4 is 21.9 Å². The van der Waals surface area contributed by atoms with Crippen molar-refractivity contribution in [1.82, 2.24) is 28.4 Å². The molecule has 1 amide bonds. The van der Waals surface area contributed by atoms with E-state index in [2.05, 4.69) is 25.8 Å². The lowest BCUT2D eigenvalue weighted by atomic mass is 9.72. The van der Waals surface area contributed by atoms with Gasteiger partial charge in [0, 0.05) is 76.9 Å². The molecule has 0 radical (unpaired) electrons. The Hall–Kier alpha value is -3.38. The molecular formula is C35H49FN8O4S. The molecule has 14 heteroatoms. The van der Waals surface area contributed by atoms with Crippen LogP contribution in [0.15, 0.2) is 30.7 Å². The average Bonchev–Trinajstić information content (AvgIpc) is 3.53. The van der Waals surface area contributed by atoms with Crippen LogP contribution in [-0.2, 0) is 10.2 Å². The van der Waals surface area contributed by atoms with Crippen LogP contribution in [0.1, 0.15) is 70.2 Å². The number of likely N-dealkylation sites (tertiary alicyclic amines) is 1. The Balaban J connectivity index is 1.03. The number of aromatic nitrogens is 2. The Kier molecular flexibility index (Phi) is 10.5. The van der Waals surface area contributed by atoms with Crippen LogP contribution >= 0.6 is 0 Å². The van der Waals surface area contributed by atoms with Gasteiger partial charge in [0.2, 0.25) is 0 Å². The quantitative estimate of drug-likeness (QED) is 0.356. The average molecular weight is 697 g/mol. The fourth-order valence-electron chi connectivity index (χ4n) is 8.16. The van der Waals surface area contributed by atoms with Gasteiger partial charge in [-0.1, -0.05) is 0 Å². The number of hydrogen-bond donors (Lipinski definition) is 0. The third-order valence-corrected chi connectivity index (χ3v) is 12.7. The molecule has 0 N–H and O–H groups in total. The Bertz CT molecular complexity index is 1630. The van der Waals surface area contributed by atoms with Crippen LogP contribution in [0.2, 0.25) is 0 Å². The van der Waals surface area contributed by atoms with Gasteiger partial charge in [-0.3, -0.25) is 4.79 Å². The first-order valence-electron chi connectivity index (χ1n) is 17.6. The zero-order chi connectivity index (χ0) is 34.9. The summed E-state index contributed by atoms with van der Waals surface area (Å²) >= 11 is 0. The molecule has 5 heterocycles. The summed E-state index contributed by atoms with van der Waals surface area (Å²) in [6.07, 6.45) is 7.05. The lowest BCUT2D eigenvalue weighted by molar-refractivity contribution is -0.0413. The zero-order valence-corrected chi connectivity index (χ0v) is 29.9. The fourth-order valence-corrected chi connectivity index (χ4v) is 9.80. The van der Waals surface area contributed by atoms with Crippen molar-refractivity contribution in [3.63, 3.8) is 0 Å². The molecule has 12 nitrogen and oxygen atoms in total. The van der Waals surface area contributed by atoms with Crippen LogP contribution < -0.4 is 9.64 Å². The lowest BCUT2D eigenvalue weighted by Crippen LogP contribution is -2.62. The minimum atomic E-state index is -3.48. The summed E-state index contributed by atoms with van der Waals surface area (Å²) in [5.74, 6) is 0.918. The number of ether oxygens (including phenoxy) is 1. The molecule has 1 atom stereocenters. The van der Waals surface area contributed by atoms with Crippen molar-refractivity contribution in [3.8, 4) is 17.6 Å². The van der Waals surface area contributed by atoms with Crippen LogP contribution in [0, 0.1) is 34.4 Å². The van der Waals surface area contributed by atoms with Gasteiger partial charge in [-0.2, -0.15) is 22.3 Å². The minimum Gasteiger partial charge on any atom is -0.451 e. The van der Waals surface area contributed by atoms with Crippen LogP contribution in [0.25, 0.3) is 0 Å². The van der Waals surface area contributed by atoms with Crippen molar-refractivity contribution < 1.29 is 22.3 Å². The topological polar surface area (TPSA) is 126 Å². The fraction of sp³-hybridized carbons (Fsp3) is 0.657. The maximum absolute atomic E-state index is 14.4. The van der Waals surface area contributed by atoms with E-state index in [1.807, 2.05) is 27.7 Å². The first-order chi connectivity index (χ1) is 23.4. The van der Waals surface area contributed by atoms with Crippen molar-refractivity contribution in [2.75, 3.05) is 63.8 Å². The molecule has 4 aliphatic rings. The van der Waals surface area contributed by atoms with Gasteiger partial charge in [0.1, 0.15) is 17.9 Å². The van der Waals surface area contributed by atoms with Crippen LogP contribution in [-0.4, -0.2) is 114 Å². The molecule has 266 valence electrons. The van der Waals surface area contributed by atoms with Gasteiger partial charge in [-0.25, -0.2) is 14.4 Å². The molecule has 1 aromatic heterocycles. The standard InChI is InChI=1S/C35H49FN8O4S/c1-25(2)44(26(3)4)34(45)30-17-29(36)5-6-31(30)48-32-19-38-24-39-33(32)41-12-7-28(21-41)20-40-22-35(23-40)10-15-43(16-11-35)49(46,47)42-13-8-27(18-37)9-14-42/h5-6,17,19,24-28H,7-16,20-23H2,1-4H3/t28-/m0/s1. The Morgan fingerprint density at radius 3 is 2.37 bits per heavy atom. The maximum atomic E-state index is 14.4. The summed E-state index contributed by atoms with van der Waals surface area (Å²) in [6, 6.07) is 6.14. The number of carbonyl (C=O) groups excluding carboxylic acids is 1. The van der Waals surface area contributed by atoms with E-state index in [0.29, 0.717) is 56.5 Å². The van der Waals surface area contributed by atoms with Crippen molar-refractivity contribution in [3.05, 3.63) is 42.1 Å². The third kappa shape index (κ3) is 7.55. The van der Waals surface area contributed by atoms with Gasteiger partial charge >= 0.3 is 0 Å². The van der Waals surface area contributed by atoms with Crippen LogP contribution in [0.5, 0.6) is 11.5 Å². The predicted molar refractivity (Wildman–Crippen MR) is 184 cm³/mol. The number of nitrogens with zero attached hydrogens (tertiary/aromatic N) is 8. The van der Waals surface area contributed by atoms with Crippen LogP contribution in [0.3, 0.4) is 0 Å². The Morgan fingerprint density at radius 1 is 1.04 bits per heavy atom. The van der Waals surface area contributed by atoms with Gasteiger partial charge in [0.25, 0.3) is 16.1 Å². The normalized spacial score (nSPS) is 22.4. The maximum Gasteiger partial charge on any atom is 0.281 e. The molecule has 2 aromatic rings. The van der Waals surface area contributed by atoms with Gasteiger partial charge in [-0.15, -0.1) is 0 Å². The second-order valence-electron chi connectivity index (χ2n) is 14.8. The summed E-state index contributed by atoms with van der Waals surface area (Å²) in [5.41, 5.74) is 0.337. The van der Waals surface area contributed by atoms with E-state index >= 15 is 0 Å². The Labute approximate surface area is 290 Å². The Morgan fingerprint density at radius 2 is 1.71 bits per heavy atom. The molecule has 0 aliphatic carbocycles. The zero-order valence-electron chi connectivity index (χ0n) is 29.1. The summed E-state index contributed by atoms with van der Waals surface area (Å²) in [5, 5.41) is 9.16. The van der Waals surface area contributed by atoms with E-state index in [-0.39, 0.29) is 40.6 Å². The molecule has 1 aromatic carbocycles. The number of hydrogen-bond acceptors (Lipinski definition) is 9. The van der Waals surface area contributed by atoms with E-state index in [9.17, 15) is 17.6 Å². The number of carbonyl (C=O) groups is 1. The third-order valence-electron chi connectivity index (χ3n) is 10.7. The number of benzene rings is 1. The number of anilines is 1. The smallest absolute Gasteiger partial charge is 0.281 e. The van der Waals surface area contributed by atoms with Gasteiger partial charge in [0.05, 0.1) is 17.8 Å². The predicted octanol–water partition coefficient (Wildman–Crippen LogP) is 4.37. The van der Waals surface area contributed by atoms with E-state index in [0.717, 1.165) is 52.0 Å². The van der Waals surface area contributed by atoms with E-state index in [1.165, 1.54) is 24.5 Å². The van der Waals surface area contributed by atoms with Crippen molar-refractivity contribution in [2.45, 2.75) is 71.9 Å². The second kappa shape index (κ2) is 14.5. The minimum absolute atomic E-state index is 0.0438. The first kappa shape index (κ1) is 35.4. The highest BCUT2D eigenvalue weighted by atomic mass is 32.2.